The van der Waals surface area contributed by atoms with Crippen LogP contribution in [0.4, 0.5) is 0 Å². The number of hydrogen-bond acceptors (Lipinski definition) is 3. The minimum atomic E-state index is -0.0862. The van der Waals surface area contributed by atoms with E-state index in [0.29, 0.717) is 12.3 Å². The molecule has 1 unspecified atom stereocenters. The third-order valence-corrected chi connectivity index (χ3v) is 2.15. The molecule has 0 saturated carbocycles. The number of carbonyl (C=O) groups is 1. The molecule has 3 heteroatoms. The Kier molecular flexibility index (Phi) is 3.36. The topological polar surface area (TPSA) is 38.3 Å². The zero-order valence-electron chi connectivity index (χ0n) is 6.93. The molecule has 1 heterocycles. The van der Waals surface area contributed by atoms with Crippen LogP contribution in [0.2, 0.25) is 0 Å². The summed E-state index contributed by atoms with van der Waals surface area (Å²) >= 11 is 0. The van der Waals surface area contributed by atoms with Crippen LogP contribution in [0.1, 0.15) is 19.3 Å². The molecule has 1 aliphatic heterocycles. The van der Waals surface area contributed by atoms with E-state index in [1.165, 1.54) is 13.5 Å². The van der Waals surface area contributed by atoms with E-state index in [4.69, 9.17) is 0 Å². The zero-order chi connectivity index (χ0) is 8.10. The average Bonchev–Trinajstić information content (AvgIpc) is 2.52. The van der Waals surface area contributed by atoms with Crippen LogP contribution in [0, 0.1) is 5.92 Å². The Morgan fingerprint density at radius 2 is 2.55 bits per heavy atom. The van der Waals surface area contributed by atoms with Crippen molar-refractivity contribution in [2.75, 3.05) is 20.2 Å². The van der Waals surface area contributed by atoms with Crippen molar-refractivity contribution >= 4 is 5.97 Å². The smallest absolute Gasteiger partial charge is 0.305 e. The first-order chi connectivity index (χ1) is 5.33. The van der Waals surface area contributed by atoms with Crippen LogP contribution < -0.4 is 5.32 Å². The lowest BCUT2D eigenvalue weighted by Gasteiger charge is -2.05. The molecule has 1 aliphatic rings. The fourth-order valence-corrected chi connectivity index (χ4v) is 1.38. The van der Waals surface area contributed by atoms with Gasteiger partial charge in [0.05, 0.1) is 7.11 Å². The largest absolute Gasteiger partial charge is 0.469 e. The summed E-state index contributed by atoms with van der Waals surface area (Å²) in [4.78, 5) is 10.7. The lowest BCUT2D eigenvalue weighted by Crippen LogP contribution is -2.10. The Balaban J connectivity index is 2.06. The van der Waals surface area contributed by atoms with Crippen molar-refractivity contribution < 1.29 is 9.53 Å². The van der Waals surface area contributed by atoms with Gasteiger partial charge >= 0.3 is 5.97 Å². The molecule has 0 aromatic carbocycles. The number of methoxy groups -OCH3 is 1. The number of esters is 1. The Bertz CT molecular complexity index is 130. The highest BCUT2D eigenvalue weighted by molar-refractivity contribution is 5.69. The lowest BCUT2D eigenvalue weighted by atomic mass is 10.0. The van der Waals surface area contributed by atoms with E-state index < -0.39 is 0 Å². The van der Waals surface area contributed by atoms with Gasteiger partial charge in [0.1, 0.15) is 0 Å². The number of hydrogen-bond donors (Lipinski definition) is 1. The van der Waals surface area contributed by atoms with Crippen LogP contribution in [0.3, 0.4) is 0 Å². The van der Waals surface area contributed by atoms with Crippen LogP contribution in [-0.4, -0.2) is 26.2 Å². The molecule has 64 valence electrons. The van der Waals surface area contributed by atoms with Gasteiger partial charge in [-0.1, -0.05) is 0 Å². The second kappa shape index (κ2) is 4.34. The first kappa shape index (κ1) is 8.53. The monoisotopic (exact) mass is 157 g/mol. The van der Waals surface area contributed by atoms with Gasteiger partial charge in [-0.15, -0.1) is 0 Å². The Hall–Kier alpha value is -0.570. The van der Waals surface area contributed by atoms with Crippen molar-refractivity contribution in [1.29, 1.82) is 0 Å². The third-order valence-electron chi connectivity index (χ3n) is 2.15. The summed E-state index contributed by atoms with van der Waals surface area (Å²) in [6.45, 7) is 2.17. The number of rotatable bonds is 3. The second-order valence-electron chi connectivity index (χ2n) is 2.97. The summed E-state index contributed by atoms with van der Waals surface area (Å²) in [5.41, 5.74) is 0. The number of nitrogens with one attached hydrogen (secondary N) is 1. The molecule has 0 spiro atoms. The molecular weight excluding hydrogens is 142 g/mol. The maximum Gasteiger partial charge on any atom is 0.305 e. The highest BCUT2D eigenvalue weighted by Gasteiger charge is 2.15. The average molecular weight is 157 g/mol. The zero-order valence-corrected chi connectivity index (χ0v) is 6.93. The van der Waals surface area contributed by atoms with E-state index in [1.54, 1.807) is 0 Å². The molecular formula is C8H15NO2. The molecule has 11 heavy (non-hydrogen) atoms. The Labute approximate surface area is 67.1 Å². The van der Waals surface area contributed by atoms with E-state index >= 15 is 0 Å². The summed E-state index contributed by atoms with van der Waals surface area (Å²) in [5.74, 6) is 0.603. The lowest BCUT2D eigenvalue weighted by molar-refractivity contribution is -0.140. The first-order valence-corrected chi connectivity index (χ1v) is 4.10. The van der Waals surface area contributed by atoms with Gasteiger partial charge in [0.25, 0.3) is 0 Å². The van der Waals surface area contributed by atoms with Crippen LogP contribution in [0.15, 0.2) is 0 Å². The van der Waals surface area contributed by atoms with Crippen molar-refractivity contribution in [1.82, 2.24) is 5.32 Å². The molecule has 1 rings (SSSR count). The molecule has 0 bridgehead atoms. The minimum absolute atomic E-state index is 0.0862. The fraction of sp³-hybridized carbons (Fsp3) is 0.875. The van der Waals surface area contributed by atoms with Gasteiger partial charge in [0, 0.05) is 6.42 Å². The SMILES string of the molecule is COC(=O)CCC1CCNC1. The Morgan fingerprint density at radius 3 is 3.09 bits per heavy atom. The van der Waals surface area contributed by atoms with Gasteiger partial charge in [0.15, 0.2) is 0 Å². The van der Waals surface area contributed by atoms with Crippen LogP contribution in [-0.2, 0) is 9.53 Å². The van der Waals surface area contributed by atoms with Crippen molar-refractivity contribution in [2.24, 2.45) is 5.92 Å². The van der Waals surface area contributed by atoms with Crippen LogP contribution in [0.5, 0.6) is 0 Å². The highest BCUT2D eigenvalue weighted by Crippen LogP contribution is 2.14. The molecule has 1 saturated heterocycles. The molecule has 0 aromatic heterocycles. The maximum atomic E-state index is 10.7. The maximum absolute atomic E-state index is 10.7. The van der Waals surface area contributed by atoms with Crippen molar-refractivity contribution in [3.05, 3.63) is 0 Å². The van der Waals surface area contributed by atoms with Gasteiger partial charge in [-0.05, 0) is 31.8 Å². The molecule has 0 radical (unpaired) electrons. The van der Waals surface area contributed by atoms with Gasteiger partial charge in [-0.25, -0.2) is 0 Å². The van der Waals surface area contributed by atoms with Crippen LogP contribution in [0.25, 0.3) is 0 Å². The normalized spacial score (nSPS) is 23.5. The van der Waals surface area contributed by atoms with E-state index in [9.17, 15) is 4.79 Å². The summed E-state index contributed by atoms with van der Waals surface area (Å²) in [7, 11) is 1.44. The summed E-state index contributed by atoms with van der Waals surface area (Å²) in [6, 6.07) is 0. The third kappa shape index (κ3) is 2.89. The Morgan fingerprint density at radius 1 is 1.73 bits per heavy atom. The van der Waals surface area contributed by atoms with E-state index in [2.05, 4.69) is 10.1 Å². The van der Waals surface area contributed by atoms with E-state index in [-0.39, 0.29) is 5.97 Å². The molecule has 0 aromatic rings. The number of carbonyl (C=O) groups excluding carboxylic acids is 1. The van der Waals surface area contributed by atoms with Gasteiger partial charge < -0.3 is 10.1 Å². The van der Waals surface area contributed by atoms with Crippen molar-refractivity contribution in [3.8, 4) is 0 Å². The molecule has 0 aliphatic carbocycles. The summed E-state index contributed by atoms with van der Waals surface area (Å²) < 4.78 is 4.55. The molecule has 1 N–H and O–H groups in total. The van der Waals surface area contributed by atoms with Crippen molar-refractivity contribution in [2.45, 2.75) is 19.3 Å². The van der Waals surface area contributed by atoms with Gasteiger partial charge in [0.2, 0.25) is 0 Å². The fourth-order valence-electron chi connectivity index (χ4n) is 1.38. The minimum Gasteiger partial charge on any atom is -0.469 e. The van der Waals surface area contributed by atoms with Gasteiger partial charge in [-0.2, -0.15) is 0 Å². The standard InChI is InChI=1S/C8H15NO2/c1-11-8(10)3-2-7-4-5-9-6-7/h7,9H,2-6H2,1H3. The van der Waals surface area contributed by atoms with Gasteiger partial charge in [-0.3, -0.25) is 4.79 Å². The second-order valence-corrected chi connectivity index (χ2v) is 2.97. The predicted octanol–water partition coefficient (Wildman–Crippen LogP) is 0.549. The summed E-state index contributed by atoms with van der Waals surface area (Å²) in [6.07, 6.45) is 2.75. The van der Waals surface area contributed by atoms with E-state index in [0.717, 1.165) is 19.5 Å². The highest BCUT2D eigenvalue weighted by atomic mass is 16.5. The number of ether oxygens (including phenoxy) is 1. The quantitative estimate of drug-likeness (QED) is 0.608. The first-order valence-electron chi connectivity index (χ1n) is 4.10. The molecule has 1 fully saturated rings. The molecule has 3 nitrogen and oxygen atoms in total. The predicted molar refractivity (Wildman–Crippen MR) is 42.2 cm³/mol. The molecule has 1 atom stereocenters. The molecule has 0 amide bonds. The van der Waals surface area contributed by atoms with E-state index in [1.807, 2.05) is 0 Å². The van der Waals surface area contributed by atoms with Crippen molar-refractivity contribution in [3.63, 3.8) is 0 Å². The van der Waals surface area contributed by atoms with Crippen LogP contribution >= 0.6 is 0 Å². The summed E-state index contributed by atoms with van der Waals surface area (Å²) in [5, 5.41) is 3.26.